The molecular formula is C18H19NO3S. The summed E-state index contributed by atoms with van der Waals surface area (Å²) in [6.45, 7) is 0. The Morgan fingerprint density at radius 1 is 0.957 bits per heavy atom. The lowest BCUT2D eigenvalue weighted by Crippen LogP contribution is -2.13. The maximum Gasteiger partial charge on any atom is 0.214 e. The normalized spacial score (nSPS) is 14.1. The Bertz CT molecular complexity index is 826. The molecule has 0 fully saturated rings. The van der Waals surface area contributed by atoms with Crippen molar-refractivity contribution >= 4 is 27.2 Å². The van der Waals surface area contributed by atoms with Gasteiger partial charge in [-0.25, -0.2) is 8.42 Å². The van der Waals surface area contributed by atoms with Crippen LogP contribution >= 0.6 is 0 Å². The third-order valence-electron chi connectivity index (χ3n) is 4.07. The van der Waals surface area contributed by atoms with E-state index in [0.29, 0.717) is 12.8 Å². The van der Waals surface area contributed by atoms with Gasteiger partial charge in [0, 0.05) is 35.9 Å². The first-order valence-electron chi connectivity index (χ1n) is 7.76. The van der Waals surface area contributed by atoms with Gasteiger partial charge in [0.1, 0.15) is 0 Å². The van der Waals surface area contributed by atoms with Crippen LogP contribution in [-0.4, -0.2) is 24.4 Å². The van der Waals surface area contributed by atoms with Crippen molar-refractivity contribution in [1.29, 1.82) is 0 Å². The molecule has 1 heterocycles. The topological polar surface area (TPSA) is 60.2 Å². The van der Waals surface area contributed by atoms with Crippen LogP contribution in [0.1, 0.15) is 24.8 Å². The molecule has 0 spiro atoms. The number of hydrogen-bond donors (Lipinski definition) is 0. The first-order valence-corrected chi connectivity index (χ1v) is 9.34. The highest BCUT2D eigenvalue weighted by Crippen LogP contribution is 2.31. The van der Waals surface area contributed by atoms with Crippen LogP contribution in [0.4, 0.5) is 11.4 Å². The Kier molecular flexibility index (Phi) is 4.59. The fourth-order valence-electron chi connectivity index (χ4n) is 3.05. The lowest BCUT2D eigenvalue weighted by atomic mass is 10.1. The minimum absolute atomic E-state index is 0.279. The standard InChI is InChI=1S/C18H19NO3S/c20-23(21,22)13-7-6-11-17-14-15-8-4-5-12-18(15)19(17)16-9-2-1-3-10-16/h1-5,8-10,12H,6-7,11,13-14H2. The number of rotatable bonds is 6. The highest BCUT2D eigenvalue weighted by atomic mass is 32.2. The second-order valence-corrected chi connectivity index (χ2v) is 7.29. The lowest BCUT2D eigenvalue weighted by Gasteiger charge is -2.06. The molecule has 1 aliphatic rings. The van der Waals surface area contributed by atoms with E-state index in [4.69, 9.17) is 0 Å². The van der Waals surface area contributed by atoms with E-state index in [1.165, 1.54) is 17.0 Å². The summed E-state index contributed by atoms with van der Waals surface area (Å²) in [6, 6.07) is 18.5. The second kappa shape index (κ2) is 6.64. The van der Waals surface area contributed by atoms with Crippen molar-refractivity contribution in [3.63, 3.8) is 0 Å². The number of fused-ring (bicyclic) bond motifs is 1. The zero-order valence-corrected chi connectivity index (χ0v) is 13.6. The molecule has 0 aromatic heterocycles. The Balaban J connectivity index is 1.84. The van der Waals surface area contributed by atoms with Gasteiger partial charge in [-0.05, 0) is 12.8 Å². The number of hydrogen-bond acceptors (Lipinski definition) is 3. The summed E-state index contributed by atoms with van der Waals surface area (Å²) in [6.07, 6.45) is 2.77. The van der Waals surface area contributed by atoms with Gasteiger partial charge in [0.15, 0.2) is 5.71 Å². The average Bonchev–Trinajstić information content (AvgIpc) is 2.90. The van der Waals surface area contributed by atoms with Gasteiger partial charge in [-0.15, -0.1) is 0 Å². The number of nitrogens with zero attached hydrogens (tertiary/aromatic N) is 1. The van der Waals surface area contributed by atoms with Crippen LogP contribution in [0.3, 0.4) is 0 Å². The highest BCUT2D eigenvalue weighted by molar-refractivity contribution is 7.85. The van der Waals surface area contributed by atoms with Crippen LogP contribution in [0, 0.1) is 0 Å². The smallest absolute Gasteiger partial charge is 0.214 e. The van der Waals surface area contributed by atoms with Crippen molar-refractivity contribution in [3.05, 3.63) is 60.2 Å². The van der Waals surface area contributed by atoms with Gasteiger partial charge in [-0.3, -0.25) is 0 Å². The minimum Gasteiger partial charge on any atom is -0.748 e. The molecule has 0 bridgehead atoms. The fourth-order valence-corrected chi connectivity index (χ4v) is 3.61. The molecule has 120 valence electrons. The maximum absolute atomic E-state index is 10.7. The Morgan fingerprint density at radius 2 is 1.65 bits per heavy atom. The predicted molar refractivity (Wildman–Crippen MR) is 91.5 cm³/mol. The third kappa shape index (κ3) is 3.86. The molecule has 1 aliphatic heterocycles. The van der Waals surface area contributed by atoms with E-state index in [0.717, 1.165) is 18.5 Å². The highest BCUT2D eigenvalue weighted by Gasteiger charge is 2.30. The van der Waals surface area contributed by atoms with Crippen LogP contribution in [0.25, 0.3) is 0 Å². The van der Waals surface area contributed by atoms with Crippen LogP contribution in [0.2, 0.25) is 0 Å². The van der Waals surface area contributed by atoms with Crippen molar-refractivity contribution in [2.75, 3.05) is 5.75 Å². The van der Waals surface area contributed by atoms with Crippen LogP contribution in [0.5, 0.6) is 0 Å². The molecule has 0 amide bonds. The summed E-state index contributed by atoms with van der Waals surface area (Å²) in [4.78, 5) is 0. The maximum atomic E-state index is 10.7. The molecule has 3 rings (SSSR count). The van der Waals surface area contributed by atoms with Gasteiger partial charge in [0.05, 0.1) is 16.5 Å². The van der Waals surface area contributed by atoms with E-state index >= 15 is 0 Å². The zero-order valence-electron chi connectivity index (χ0n) is 12.8. The van der Waals surface area contributed by atoms with Gasteiger partial charge < -0.3 is 4.55 Å². The molecule has 5 heteroatoms. The van der Waals surface area contributed by atoms with E-state index < -0.39 is 10.1 Å². The molecule has 0 N–H and O–H groups in total. The van der Waals surface area contributed by atoms with E-state index in [-0.39, 0.29) is 5.75 Å². The quantitative estimate of drug-likeness (QED) is 0.464. The monoisotopic (exact) mass is 329 g/mol. The summed E-state index contributed by atoms with van der Waals surface area (Å²) in [5.41, 5.74) is 4.83. The molecule has 2 aromatic rings. The molecule has 0 saturated heterocycles. The predicted octanol–water partition coefficient (Wildman–Crippen LogP) is 3.23. The Morgan fingerprint density at radius 3 is 2.39 bits per heavy atom. The van der Waals surface area contributed by atoms with Crippen molar-refractivity contribution in [1.82, 2.24) is 4.58 Å². The molecule has 0 radical (unpaired) electrons. The summed E-state index contributed by atoms with van der Waals surface area (Å²) in [7, 11) is -4.11. The molecule has 2 aromatic carbocycles. The summed E-state index contributed by atoms with van der Waals surface area (Å²) >= 11 is 0. The van der Waals surface area contributed by atoms with E-state index in [9.17, 15) is 13.0 Å². The molecule has 0 unspecified atom stereocenters. The van der Waals surface area contributed by atoms with Crippen molar-refractivity contribution in [3.8, 4) is 0 Å². The first-order chi connectivity index (χ1) is 11.0. The summed E-state index contributed by atoms with van der Waals surface area (Å²) in [5, 5.41) is 0. The number of para-hydroxylation sites is 2. The molecule has 4 nitrogen and oxygen atoms in total. The molecule has 0 atom stereocenters. The first kappa shape index (κ1) is 15.9. The van der Waals surface area contributed by atoms with Crippen LogP contribution < -0.4 is 4.58 Å². The van der Waals surface area contributed by atoms with Gasteiger partial charge in [0.25, 0.3) is 0 Å². The lowest BCUT2D eigenvalue weighted by molar-refractivity contribution is 0.460. The molecule has 0 aliphatic carbocycles. The zero-order chi connectivity index (χ0) is 16.3. The SMILES string of the molecule is O=S(=O)([O-])CCCCC1=[N+](c2ccccc2)c2ccccc2C1. The molecule has 23 heavy (non-hydrogen) atoms. The minimum atomic E-state index is -4.11. The number of unbranched alkanes of at least 4 members (excludes halogenated alkanes) is 1. The van der Waals surface area contributed by atoms with Gasteiger partial charge in [0.2, 0.25) is 11.4 Å². The van der Waals surface area contributed by atoms with E-state index in [1.54, 1.807) is 0 Å². The Labute approximate surface area is 136 Å². The fraction of sp³-hybridized carbons (Fsp3) is 0.278. The Hall–Kier alpha value is -1.98. The molecule has 0 saturated carbocycles. The van der Waals surface area contributed by atoms with E-state index in [2.05, 4.69) is 28.8 Å². The third-order valence-corrected chi connectivity index (χ3v) is 4.86. The van der Waals surface area contributed by atoms with Crippen molar-refractivity contribution in [2.45, 2.75) is 25.7 Å². The van der Waals surface area contributed by atoms with Crippen molar-refractivity contribution in [2.24, 2.45) is 0 Å². The van der Waals surface area contributed by atoms with Gasteiger partial charge >= 0.3 is 0 Å². The summed E-state index contributed by atoms with van der Waals surface area (Å²) < 4.78 is 34.4. The molecular weight excluding hydrogens is 310 g/mol. The largest absolute Gasteiger partial charge is 0.748 e. The van der Waals surface area contributed by atoms with Crippen molar-refractivity contribution < 1.29 is 13.0 Å². The van der Waals surface area contributed by atoms with E-state index in [1.807, 2.05) is 30.3 Å². The second-order valence-electron chi connectivity index (χ2n) is 5.76. The van der Waals surface area contributed by atoms with Gasteiger partial charge in [-0.1, -0.05) is 36.4 Å². The van der Waals surface area contributed by atoms with Gasteiger partial charge in [-0.2, -0.15) is 4.58 Å². The average molecular weight is 329 g/mol. The van der Waals surface area contributed by atoms with Crippen LogP contribution in [-0.2, 0) is 16.5 Å². The number of benzene rings is 2. The summed E-state index contributed by atoms with van der Waals surface area (Å²) in [5.74, 6) is -0.279. The van der Waals surface area contributed by atoms with Crippen LogP contribution in [0.15, 0.2) is 54.6 Å².